The highest BCUT2D eigenvalue weighted by Gasteiger charge is 2.76. The molecule has 0 aromatic heterocycles. The van der Waals surface area contributed by atoms with Crippen molar-refractivity contribution in [2.45, 2.75) is 76.3 Å². The van der Waals surface area contributed by atoms with Crippen LogP contribution in [-0.4, -0.2) is 44.6 Å². The van der Waals surface area contributed by atoms with Gasteiger partial charge in [0.15, 0.2) is 17.2 Å². The Labute approximate surface area is 209 Å². The first-order chi connectivity index (χ1) is 15.3. The van der Waals surface area contributed by atoms with Gasteiger partial charge in [-0.25, -0.2) is 0 Å². The third-order valence-electron chi connectivity index (χ3n) is 9.61. The molecule has 0 saturated heterocycles. The Kier molecular flexibility index (Phi) is 6.11. The lowest BCUT2D eigenvalue weighted by Gasteiger charge is -2.65. The number of carbonyl (C=O) groups is 3. The fourth-order valence-electron chi connectivity index (χ4n) is 8.14. The van der Waals surface area contributed by atoms with E-state index in [2.05, 4.69) is 29.8 Å². The summed E-state index contributed by atoms with van der Waals surface area (Å²) >= 11 is 10.1. The molecule has 0 aromatic carbocycles. The number of hydrogen-bond donors (Lipinski definition) is 1. The van der Waals surface area contributed by atoms with E-state index < -0.39 is 32.8 Å². The van der Waals surface area contributed by atoms with Gasteiger partial charge in [0.25, 0.3) is 0 Å². The number of allylic oxidation sites excluding steroid dienone is 4. The quantitative estimate of drug-likeness (QED) is 0.409. The second kappa shape index (κ2) is 8.03. The predicted octanol–water partition coefficient (Wildman–Crippen LogP) is 4.77. The molecule has 4 aliphatic rings. The molecule has 1 N–H and O–H groups in total. The largest absolute Gasteiger partial charge is 0.450 e. The molecule has 0 aromatic rings. The summed E-state index contributed by atoms with van der Waals surface area (Å²) in [5, 5.41) is 11.8. The van der Waals surface area contributed by atoms with Crippen molar-refractivity contribution in [1.29, 1.82) is 0 Å². The monoisotopic (exact) mass is 540 g/mol. The van der Waals surface area contributed by atoms with Crippen LogP contribution in [0, 0.1) is 34.5 Å². The molecular weight excluding hydrogens is 508 g/mol. The molecule has 5 nitrogen and oxygen atoms in total. The van der Waals surface area contributed by atoms with E-state index in [9.17, 15) is 19.5 Å². The highest BCUT2D eigenvalue weighted by atomic mass is 79.9. The summed E-state index contributed by atoms with van der Waals surface area (Å²) in [5.41, 5.74) is -1.62. The van der Waals surface area contributed by atoms with Crippen LogP contribution in [0.3, 0.4) is 0 Å². The van der Waals surface area contributed by atoms with Crippen molar-refractivity contribution in [3.63, 3.8) is 0 Å². The molecule has 0 heterocycles. The van der Waals surface area contributed by atoms with Crippen LogP contribution in [0.1, 0.15) is 60.3 Å². The molecule has 4 rings (SSSR count). The van der Waals surface area contributed by atoms with Crippen LogP contribution in [0.15, 0.2) is 23.8 Å². The summed E-state index contributed by atoms with van der Waals surface area (Å²) in [6.07, 6.45) is 6.38. The first-order valence-electron chi connectivity index (χ1n) is 12.0. The standard InChI is InChI=1S/C26H34BrClO5/c1-6-22(32)33-26(21(31)13-28)15(3)10-18-19-9-14(2)17-11-16(29)7-8-23(17,4)25(19,27)20(30)12-24(18,26)5/h7-8,11,14-15,18-20,30H,6,9-10,12-13H2,1-5H3/t14?,15?,18-,19-,20?,23-,24-,25-,26-/m0/s1. The Morgan fingerprint density at radius 1 is 1.24 bits per heavy atom. The van der Waals surface area contributed by atoms with Crippen LogP contribution < -0.4 is 0 Å². The summed E-state index contributed by atoms with van der Waals surface area (Å²) in [6.45, 7) is 9.92. The van der Waals surface area contributed by atoms with Gasteiger partial charge in [-0.05, 0) is 49.2 Å². The van der Waals surface area contributed by atoms with Crippen LogP contribution in [0.5, 0.6) is 0 Å². The molecule has 0 bridgehead atoms. The minimum atomic E-state index is -1.36. The number of alkyl halides is 2. The summed E-state index contributed by atoms with van der Waals surface area (Å²) in [7, 11) is 0. The lowest BCUT2D eigenvalue weighted by atomic mass is 9.44. The van der Waals surface area contributed by atoms with E-state index in [1.165, 1.54) is 0 Å². The van der Waals surface area contributed by atoms with Gasteiger partial charge >= 0.3 is 5.97 Å². The van der Waals surface area contributed by atoms with E-state index in [4.69, 9.17) is 16.3 Å². The molecule has 0 aliphatic heterocycles. The number of ketones is 2. The minimum Gasteiger partial charge on any atom is -0.450 e. The van der Waals surface area contributed by atoms with Crippen LogP contribution in [0.25, 0.3) is 0 Å². The van der Waals surface area contributed by atoms with Crippen molar-refractivity contribution >= 4 is 45.1 Å². The van der Waals surface area contributed by atoms with E-state index >= 15 is 0 Å². The van der Waals surface area contributed by atoms with Crippen LogP contribution >= 0.6 is 27.5 Å². The molecule has 0 spiro atoms. The number of fused-ring (bicyclic) bond motifs is 5. The third kappa shape index (κ3) is 3.02. The molecule has 4 aliphatic carbocycles. The third-order valence-corrected chi connectivity index (χ3v) is 11.8. The number of esters is 1. The highest BCUT2D eigenvalue weighted by molar-refractivity contribution is 9.10. The number of carbonyl (C=O) groups excluding carboxylic acids is 3. The molecule has 0 radical (unpaired) electrons. The van der Waals surface area contributed by atoms with Gasteiger partial charge in [0, 0.05) is 23.2 Å². The van der Waals surface area contributed by atoms with Crippen molar-refractivity contribution in [3.05, 3.63) is 23.8 Å². The van der Waals surface area contributed by atoms with Crippen molar-refractivity contribution in [3.8, 4) is 0 Å². The number of halogens is 2. The average Bonchev–Trinajstić information content (AvgIpc) is 2.98. The van der Waals surface area contributed by atoms with Crippen LogP contribution in [0.4, 0.5) is 0 Å². The van der Waals surface area contributed by atoms with Crippen molar-refractivity contribution < 1.29 is 24.2 Å². The Hall–Kier alpha value is -0.980. The fourth-order valence-corrected chi connectivity index (χ4v) is 9.37. The Balaban J connectivity index is 1.88. The zero-order chi connectivity index (χ0) is 24.6. The first-order valence-corrected chi connectivity index (χ1v) is 13.3. The topological polar surface area (TPSA) is 80.7 Å². The maximum Gasteiger partial charge on any atom is 0.306 e. The van der Waals surface area contributed by atoms with Crippen molar-refractivity contribution in [1.82, 2.24) is 0 Å². The van der Waals surface area contributed by atoms with Gasteiger partial charge in [-0.2, -0.15) is 0 Å². The normalized spacial score (nSPS) is 48.4. The Morgan fingerprint density at radius 3 is 2.52 bits per heavy atom. The summed E-state index contributed by atoms with van der Waals surface area (Å²) in [6, 6.07) is 0. The molecule has 33 heavy (non-hydrogen) atoms. The maximum absolute atomic E-state index is 13.4. The molecule has 182 valence electrons. The lowest BCUT2D eigenvalue weighted by molar-refractivity contribution is -0.200. The summed E-state index contributed by atoms with van der Waals surface area (Å²) in [5.74, 6) is -1.01. The number of hydrogen-bond acceptors (Lipinski definition) is 5. The SMILES string of the molecule is CCC(=O)O[C@]1(C(=O)CCl)C(C)C[C@H]2[C@@H]3CC(C)C4=CC(=O)C=C[C@]4(C)[C@@]3(Br)C(O)C[C@@]21C. The van der Waals surface area contributed by atoms with E-state index in [0.717, 1.165) is 12.0 Å². The van der Waals surface area contributed by atoms with Gasteiger partial charge in [0.05, 0.1) is 16.3 Å². The average molecular weight is 542 g/mol. The van der Waals surface area contributed by atoms with E-state index in [1.807, 2.05) is 19.9 Å². The van der Waals surface area contributed by atoms with Crippen molar-refractivity contribution in [2.75, 3.05) is 5.88 Å². The number of ether oxygens (including phenoxy) is 1. The number of aliphatic hydroxyl groups excluding tert-OH is 1. The Morgan fingerprint density at radius 2 is 1.91 bits per heavy atom. The van der Waals surface area contributed by atoms with Gasteiger partial charge in [0.1, 0.15) is 0 Å². The number of Topliss-reactive ketones (excluding diaryl/α,β-unsaturated/α-hetero) is 1. The molecule has 3 fully saturated rings. The van der Waals surface area contributed by atoms with Gasteiger partial charge in [-0.3, -0.25) is 14.4 Å². The zero-order valence-corrected chi connectivity index (χ0v) is 22.3. The molecule has 0 amide bonds. The van der Waals surface area contributed by atoms with Crippen LogP contribution in [0.2, 0.25) is 0 Å². The second-order valence-electron chi connectivity index (χ2n) is 11.0. The predicted molar refractivity (Wildman–Crippen MR) is 130 cm³/mol. The molecule has 7 heteroatoms. The van der Waals surface area contributed by atoms with E-state index in [0.29, 0.717) is 12.8 Å². The van der Waals surface area contributed by atoms with Gasteiger partial charge in [-0.15, -0.1) is 11.6 Å². The number of aliphatic hydroxyl groups is 1. The molecular formula is C26H34BrClO5. The van der Waals surface area contributed by atoms with E-state index in [1.54, 1.807) is 19.1 Å². The Bertz CT molecular complexity index is 960. The van der Waals surface area contributed by atoms with E-state index in [-0.39, 0.29) is 47.5 Å². The first kappa shape index (κ1) is 25.1. The zero-order valence-electron chi connectivity index (χ0n) is 20.0. The smallest absolute Gasteiger partial charge is 0.306 e. The van der Waals surface area contributed by atoms with Crippen LogP contribution in [-0.2, 0) is 19.1 Å². The highest BCUT2D eigenvalue weighted by Crippen LogP contribution is 2.73. The van der Waals surface area contributed by atoms with Crippen molar-refractivity contribution in [2.24, 2.45) is 34.5 Å². The van der Waals surface area contributed by atoms with Gasteiger partial charge < -0.3 is 9.84 Å². The second-order valence-corrected chi connectivity index (χ2v) is 12.6. The van der Waals surface area contributed by atoms with Gasteiger partial charge in [0.2, 0.25) is 0 Å². The summed E-state index contributed by atoms with van der Waals surface area (Å²) in [4.78, 5) is 38.2. The minimum absolute atomic E-state index is 0.00836. The number of rotatable bonds is 4. The maximum atomic E-state index is 13.4. The van der Waals surface area contributed by atoms with Gasteiger partial charge in [-0.1, -0.05) is 62.2 Å². The summed E-state index contributed by atoms with van der Waals surface area (Å²) < 4.78 is 5.35. The molecule has 3 unspecified atom stereocenters. The lowest BCUT2D eigenvalue weighted by Crippen LogP contribution is -2.70. The molecule has 9 atom stereocenters. The molecule has 3 saturated carbocycles. The fraction of sp³-hybridized carbons (Fsp3) is 0.731.